The van der Waals surface area contributed by atoms with E-state index in [9.17, 15) is 4.79 Å². The SMILES string of the molecule is COc1cc(C(=O)NNc2nc3ccc(C)cc3s2)cc(OC)c1OC. The Kier molecular flexibility index (Phi) is 5.13. The molecule has 136 valence electrons. The lowest BCUT2D eigenvalue weighted by Gasteiger charge is -2.14. The van der Waals surface area contributed by atoms with E-state index >= 15 is 0 Å². The maximum Gasteiger partial charge on any atom is 0.269 e. The summed E-state index contributed by atoms with van der Waals surface area (Å²) < 4.78 is 16.8. The molecule has 0 aliphatic rings. The van der Waals surface area contributed by atoms with E-state index in [2.05, 4.69) is 21.9 Å². The number of hydrogen-bond donors (Lipinski definition) is 2. The molecule has 8 heteroatoms. The van der Waals surface area contributed by atoms with Crippen molar-refractivity contribution in [3.63, 3.8) is 0 Å². The van der Waals surface area contributed by atoms with Crippen LogP contribution in [0.15, 0.2) is 30.3 Å². The van der Waals surface area contributed by atoms with Crippen LogP contribution in [-0.2, 0) is 0 Å². The highest BCUT2D eigenvalue weighted by molar-refractivity contribution is 7.22. The molecule has 26 heavy (non-hydrogen) atoms. The molecule has 0 saturated carbocycles. The number of nitrogens with one attached hydrogen (secondary N) is 2. The molecule has 0 radical (unpaired) electrons. The first-order chi connectivity index (χ1) is 12.5. The summed E-state index contributed by atoms with van der Waals surface area (Å²) in [5.41, 5.74) is 7.89. The van der Waals surface area contributed by atoms with Crippen molar-refractivity contribution in [2.24, 2.45) is 0 Å². The van der Waals surface area contributed by atoms with E-state index in [4.69, 9.17) is 14.2 Å². The van der Waals surface area contributed by atoms with E-state index in [1.165, 1.54) is 32.7 Å². The van der Waals surface area contributed by atoms with Gasteiger partial charge >= 0.3 is 0 Å². The number of hydrogen-bond acceptors (Lipinski definition) is 7. The maximum atomic E-state index is 12.5. The molecule has 1 heterocycles. The van der Waals surface area contributed by atoms with Gasteiger partial charge in [0.2, 0.25) is 10.9 Å². The van der Waals surface area contributed by atoms with Gasteiger partial charge in [0.05, 0.1) is 31.5 Å². The number of benzene rings is 2. The first-order valence-corrected chi connectivity index (χ1v) is 8.61. The van der Waals surface area contributed by atoms with Crippen LogP contribution >= 0.6 is 11.3 Å². The summed E-state index contributed by atoms with van der Waals surface area (Å²) in [5, 5.41) is 0.603. The number of carbonyl (C=O) groups is 1. The van der Waals surface area contributed by atoms with Crippen LogP contribution < -0.4 is 25.1 Å². The van der Waals surface area contributed by atoms with E-state index in [1.54, 1.807) is 12.1 Å². The minimum Gasteiger partial charge on any atom is -0.493 e. The van der Waals surface area contributed by atoms with Crippen molar-refractivity contribution < 1.29 is 19.0 Å². The van der Waals surface area contributed by atoms with Gasteiger partial charge in [-0.25, -0.2) is 4.98 Å². The van der Waals surface area contributed by atoms with Crippen LogP contribution in [0.2, 0.25) is 0 Å². The first kappa shape index (κ1) is 17.8. The minimum atomic E-state index is -0.348. The summed E-state index contributed by atoms with van der Waals surface area (Å²) >= 11 is 1.46. The molecule has 0 spiro atoms. The van der Waals surface area contributed by atoms with Crippen molar-refractivity contribution in [3.05, 3.63) is 41.5 Å². The molecule has 7 nitrogen and oxygen atoms in total. The largest absolute Gasteiger partial charge is 0.493 e. The quantitative estimate of drug-likeness (QED) is 0.645. The van der Waals surface area contributed by atoms with E-state index in [1.807, 2.05) is 19.1 Å². The van der Waals surface area contributed by atoms with Crippen LogP contribution in [0.3, 0.4) is 0 Å². The molecule has 0 fully saturated rings. The lowest BCUT2D eigenvalue weighted by Crippen LogP contribution is -2.29. The molecular weight excluding hydrogens is 354 g/mol. The van der Waals surface area contributed by atoms with Gasteiger partial charge in [0.1, 0.15) is 0 Å². The molecule has 3 aromatic rings. The minimum absolute atomic E-state index is 0.348. The van der Waals surface area contributed by atoms with Crippen molar-refractivity contribution in [1.29, 1.82) is 0 Å². The van der Waals surface area contributed by atoms with Crippen molar-refractivity contribution in [2.45, 2.75) is 6.92 Å². The Morgan fingerprint density at radius 2 is 1.73 bits per heavy atom. The van der Waals surface area contributed by atoms with Crippen LogP contribution in [0.25, 0.3) is 10.2 Å². The third kappa shape index (κ3) is 3.50. The van der Waals surface area contributed by atoms with Gasteiger partial charge in [-0.05, 0) is 36.8 Å². The molecule has 2 N–H and O–H groups in total. The summed E-state index contributed by atoms with van der Waals surface area (Å²) in [5.74, 6) is 0.903. The molecule has 3 rings (SSSR count). The standard InChI is InChI=1S/C18H19N3O4S/c1-10-5-6-12-15(7-10)26-18(19-12)21-20-17(22)11-8-13(23-2)16(25-4)14(9-11)24-3/h5-9H,1-4H3,(H,19,21)(H,20,22). The molecule has 0 aliphatic carbocycles. The summed E-state index contributed by atoms with van der Waals surface area (Å²) in [7, 11) is 4.51. The van der Waals surface area contributed by atoms with Crippen molar-refractivity contribution >= 4 is 32.6 Å². The number of rotatable bonds is 6. The highest BCUT2D eigenvalue weighted by Crippen LogP contribution is 2.38. The maximum absolute atomic E-state index is 12.5. The second-order valence-electron chi connectivity index (χ2n) is 5.48. The highest BCUT2D eigenvalue weighted by atomic mass is 32.1. The zero-order valence-corrected chi connectivity index (χ0v) is 15.7. The van der Waals surface area contributed by atoms with E-state index < -0.39 is 0 Å². The number of ether oxygens (including phenoxy) is 3. The predicted molar refractivity (Wildman–Crippen MR) is 102 cm³/mol. The number of aromatic nitrogens is 1. The summed E-state index contributed by atoms with van der Waals surface area (Å²) in [4.78, 5) is 16.9. The van der Waals surface area contributed by atoms with Crippen LogP contribution in [0.4, 0.5) is 5.13 Å². The Hall–Kier alpha value is -3.00. The summed E-state index contributed by atoms with van der Waals surface area (Å²) in [6.07, 6.45) is 0. The first-order valence-electron chi connectivity index (χ1n) is 7.79. The van der Waals surface area contributed by atoms with Gasteiger partial charge in [-0.2, -0.15) is 0 Å². The molecule has 0 unspecified atom stereocenters. The number of carbonyl (C=O) groups excluding carboxylic acids is 1. The Morgan fingerprint density at radius 3 is 2.35 bits per heavy atom. The fourth-order valence-corrected chi connectivity index (χ4v) is 3.40. The topological polar surface area (TPSA) is 81.7 Å². The Labute approximate surface area is 154 Å². The molecule has 0 bridgehead atoms. The van der Waals surface area contributed by atoms with Crippen LogP contribution in [0.5, 0.6) is 17.2 Å². The number of aryl methyl sites for hydroxylation is 1. The predicted octanol–water partition coefficient (Wildman–Crippen LogP) is 3.39. The number of hydrazine groups is 1. The lowest BCUT2D eigenvalue weighted by atomic mass is 10.1. The molecular formula is C18H19N3O4S. The highest BCUT2D eigenvalue weighted by Gasteiger charge is 2.17. The summed E-state index contributed by atoms with van der Waals surface area (Å²) in [6.45, 7) is 2.03. The van der Waals surface area contributed by atoms with Gasteiger partial charge in [-0.15, -0.1) is 0 Å². The van der Waals surface area contributed by atoms with E-state index in [0.717, 1.165) is 15.8 Å². The number of nitrogens with zero attached hydrogens (tertiary/aromatic N) is 1. The average molecular weight is 373 g/mol. The van der Waals surface area contributed by atoms with E-state index in [-0.39, 0.29) is 5.91 Å². The molecule has 1 aromatic heterocycles. The number of anilines is 1. The molecule has 0 saturated heterocycles. The normalized spacial score (nSPS) is 10.5. The van der Waals surface area contributed by atoms with Gasteiger partial charge in [-0.3, -0.25) is 15.6 Å². The van der Waals surface area contributed by atoms with Gasteiger partial charge in [0.25, 0.3) is 5.91 Å². The zero-order chi connectivity index (χ0) is 18.7. The van der Waals surface area contributed by atoms with Crippen molar-refractivity contribution in [1.82, 2.24) is 10.4 Å². The smallest absolute Gasteiger partial charge is 0.269 e. The van der Waals surface area contributed by atoms with Crippen molar-refractivity contribution in [2.75, 3.05) is 26.8 Å². The number of methoxy groups -OCH3 is 3. The molecule has 1 amide bonds. The molecule has 0 aliphatic heterocycles. The van der Waals surface area contributed by atoms with Gasteiger partial charge in [0, 0.05) is 5.56 Å². The Balaban J connectivity index is 1.78. The number of thiazole rings is 1. The van der Waals surface area contributed by atoms with Crippen LogP contribution in [-0.4, -0.2) is 32.2 Å². The third-order valence-corrected chi connectivity index (χ3v) is 4.69. The Bertz CT molecular complexity index is 930. The van der Waals surface area contributed by atoms with Crippen LogP contribution in [0.1, 0.15) is 15.9 Å². The van der Waals surface area contributed by atoms with E-state index in [0.29, 0.717) is 27.9 Å². The number of fused-ring (bicyclic) bond motifs is 1. The second kappa shape index (κ2) is 7.49. The summed E-state index contributed by atoms with van der Waals surface area (Å²) in [6, 6.07) is 9.17. The fourth-order valence-electron chi connectivity index (χ4n) is 2.48. The lowest BCUT2D eigenvalue weighted by molar-refractivity contribution is 0.0962. The molecule has 0 atom stereocenters. The molecule has 2 aromatic carbocycles. The second-order valence-corrected chi connectivity index (χ2v) is 6.51. The van der Waals surface area contributed by atoms with Gasteiger partial charge in [-0.1, -0.05) is 17.4 Å². The number of amides is 1. The van der Waals surface area contributed by atoms with Gasteiger partial charge in [0.15, 0.2) is 11.5 Å². The Morgan fingerprint density at radius 1 is 1.04 bits per heavy atom. The monoisotopic (exact) mass is 373 g/mol. The van der Waals surface area contributed by atoms with Crippen molar-refractivity contribution in [3.8, 4) is 17.2 Å². The zero-order valence-electron chi connectivity index (χ0n) is 14.9. The average Bonchev–Trinajstić information content (AvgIpc) is 3.06. The third-order valence-electron chi connectivity index (χ3n) is 3.75. The van der Waals surface area contributed by atoms with Gasteiger partial charge < -0.3 is 14.2 Å². The van der Waals surface area contributed by atoms with Crippen LogP contribution in [0, 0.1) is 6.92 Å². The fraction of sp³-hybridized carbons (Fsp3) is 0.222.